The molecule has 2 N–H and O–H groups in total. The number of nitrogens with one attached hydrogen (secondary N) is 2. The monoisotopic (exact) mass is 345 g/mol. The minimum absolute atomic E-state index is 0.252. The lowest BCUT2D eigenvalue weighted by atomic mass is 10.3. The Bertz CT molecular complexity index is 865. The second-order valence-corrected chi connectivity index (χ2v) is 5.34. The van der Waals surface area contributed by atoms with Crippen molar-refractivity contribution in [2.24, 2.45) is 0 Å². The lowest BCUT2D eigenvalue weighted by molar-refractivity contribution is 0.251. The maximum absolute atomic E-state index is 12.0. The van der Waals surface area contributed by atoms with Gasteiger partial charge >= 0.3 is 6.03 Å². The Morgan fingerprint density at radius 1 is 1.29 bits per heavy atom. The van der Waals surface area contributed by atoms with E-state index in [1.807, 2.05) is 35.7 Å². The average Bonchev–Trinajstić information content (AvgIpc) is 2.99. The van der Waals surface area contributed by atoms with Crippen LogP contribution in [0.25, 0.3) is 5.65 Å². The van der Waals surface area contributed by atoms with E-state index in [9.17, 15) is 4.79 Å². The van der Waals surface area contributed by atoms with Crippen LogP contribution in [0.5, 0.6) is 5.75 Å². The van der Waals surface area contributed by atoms with Gasteiger partial charge in [-0.3, -0.25) is 4.40 Å². The molecule has 0 saturated heterocycles. The second-order valence-electron chi connectivity index (χ2n) is 4.93. The first-order valence-corrected chi connectivity index (χ1v) is 7.81. The molecule has 2 heterocycles. The number of pyridine rings is 1. The Hall–Kier alpha value is -2.80. The molecule has 7 nitrogen and oxygen atoms in total. The van der Waals surface area contributed by atoms with Crippen molar-refractivity contribution in [3.05, 3.63) is 53.4 Å². The summed E-state index contributed by atoms with van der Waals surface area (Å²) in [6.07, 6.45) is 1.84. The van der Waals surface area contributed by atoms with Crippen molar-refractivity contribution in [2.75, 3.05) is 11.9 Å². The zero-order valence-corrected chi connectivity index (χ0v) is 13.7. The number of rotatable bonds is 5. The molecule has 0 radical (unpaired) electrons. The molecule has 0 saturated carbocycles. The van der Waals surface area contributed by atoms with Gasteiger partial charge in [0.15, 0.2) is 11.5 Å². The zero-order valence-electron chi connectivity index (χ0n) is 13.0. The van der Waals surface area contributed by atoms with E-state index in [4.69, 9.17) is 16.3 Å². The number of ether oxygens (including phenoxy) is 1. The molecule has 3 rings (SSSR count). The summed E-state index contributed by atoms with van der Waals surface area (Å²) in [4.78, 5) is 12.0. The number of hydrogen-bond donors (Lipinski definition) is 2. The highest BCUT2D eigenvalue weighted by atomic mass is 35.5. The molecule has 124 valence electrons. The van der Waals surface area contributed by atoms with Crippen LogP contribution in [0.1, 0.15) is 12.7 Å². The number of carbonyl (C=O) groups excluding carboxylic acids is 1. The standard InChI is InChI=1S/C16H16ClN5O2/c1-2-24-13-7-6-11(9-12(13)17)19-16(23)18-10-15-21-20-14-5-3-4-8-22(14)15/h3-9H,2,10H2,1H3,(H2,18,19,23). The number of carbonyl (C=O) groups is 1. The Balaban J connectivity index is 1.60. The normalized spacial score (nSPS) is 10.6. The van der Waals surface area contributed by atoms with E-state index >= 15 is 0 Å². The summed E-state index contributed by atoms with van der Waals surface area (Å²) < 4.78 is 7.17. The van der Waals surface area contributed by atoms with Crippen LogP contribution >= 0.6 is 11.6 Å². The van der Waals surface area contributed by atoms with Gasteiger partial charge in [-0.25, -0.2) is 4.79 Å². The number of nitrogens with zero attached hydrogens (tertiary/aromatic N) is 3. The van der Waals surface area contributed by atoms with Gasteiger partial charge in [-0.05, 0) is 37.3 Å². The second kappa shape index (κ2) is 7.18. The number of benzene rings is 1. The van der Waals surface area contributed by atoms with Crippen molar-refractivity contribution in [3.8, 4) is 5.75 Å². The third-order valence-electron chi connectivity index (χ3n) is 3.28. The largest absolute Gasteiger partial charge is 0.492 e. The molecule has 1 aromatic carbocycles. The van der Waals surface area contributed by atoms with Crippen LogP contribution in [-0.2, 0) is 6.54 Å². The first-order chi connectivity index (χ1) is 11.7. The fourth-order valence-electron chi connectivity index (χ4n) is 2.20. The predicted octanol–water partition coefficient (Wildman–Crippen LogP) is 3.10. The Labute approximate surface area is 143 Å². The molecule has 8 heteroatoms. The maximum atomic E-state index is 12.0. The minimum atomic E-state index is -0.358. The van der Waals surface area contributed by atoms with E-state index in [0.717, 1.165) is 5.65 Å². The van der Waals surface area contributed by atoms with Crippen molar-refractivity contribution in [3.63, 3.8) is 0 Å². The number of fused-ring (bicyclic) bond motifs is 1. The van der Waals surface area contributed by atoms with Gasteiger partial charge in [0, 0.05) is 11.9 Å². The summed E-state index contributed by atoms with van der Waals surface area (Å²) in [6, 6.07) is 10.3. The molecule has 0 unspecified atom stereocenters. The highest BCUT2D eigenvalue weighted by Crippen LogP contribution is 2.27. The zero-order chi connectivity index (χ0) is 16.9. The Morgan fingerprint density at radius 2 is 2.17 bits per heavy atom. The molecule has 0 aliphatic rings. The molecule has 24 heavy (non-hydrogen) atoms. The molecule has 0 bridgehead atoms. The predicted molar refractivity (Wildman–Crippen MR) is 91.5 cm³/mol. The number of amides is 2. The van der Waals surface area contributed by atoms with Crippen molar-refractivity contribution in [1.29, 1.82) is 0 Å². The van der Waals surface area contributed by atoms with E-state index in [1.165, 1.54) is 0 Å². The first kappa shape index (κ1) is 16.1. The molecule has 2 amide bonds. The number of urea groups is 1. The van der Waals surface area contributed by atoms with Crippen LogP contribution in [0.4, 0.5) is 10.5 Å². The van der Waals surface area contributed by atoms with Gasteiger partial charge in [-0.2, -0.15) is 0 Å². The van der Waals surface area contributed by atoms with Crippen LogP contribution < -0.4 is 15.4 Å². The van der Waals surface area contributed by atoms with Gasteiger partial charge in [-0.1, -0.05) is 17.7 Å². The summed E-state index contributed by atoms with van der Waals surface area (Å²) in [6.45, 7) is 2.66. The molecule has 0 fully saturated rings. The van der Waals surface area contributed by atoms with Gasteiger partial charge in [0.25, 0.3) is 0 Å². The highest BCUT2D eigenvalue weighted by Gasteiger charge is 2.08. The summed E-state index contributed by atoms with van der Waals surface area (Å²) in [5, 5.41) is 14.0. The van der Waals surface area contributed by atoms with Crippen molar-refractivity contribution in [2.45, 2.75) is 13.5 Å². The third-order valence-corrected chi connectivity index (χ3v) is 3.58. The lowest BCUT2D eigenvalue weighted by Crippen LogP contribution is -2.29. The summed E-state index contributed by atoms with van der Waals surface area (Å²) in [7, 11) is 0. The molecule has 0 aliphatic heterocycles. The topological polar surface area (TPSA) is 80.5 Å². The molecule has 3 aromatic rings. The molecule has 0 spiro atoms. The average molecular weight is 346 g/mol. The Morgan fingerprint density at radius 3 is 2.96 bits per heavy atom. The molecule has 0 aliphatic carbocycles. The van der Waals surface area contributed by atoms with Crippen LogP contribution in [0, 0.1) is 0 Å². The fourth-order valence-corrected chi connectivity index (χ4v) is 2.43. The molecule has 0 atom stereocenters. The molecule has 2 aromatic heterocycles. The third kappa shape index (κ3) is 3.57. The van der Waals surface area contributed by atoms with Gasteiger partial charge < -0.3 is 15.4 Å². The fraction of sp³-hybridized carbons (Fsp3) is 0.188. The quantitative estimate of drug-likeness (QED) is 0.744. The van der Waals surface area contributed by atoms with Gasteiger partial charge in [0.1, 0.15) is 5.75 Å². The van der Waals surface area contributed by atoms with E-state index < -0.39 is 0 Å². The smallest absolute Gasteiger partial charge is 0.319 e. The number of halogens is 1. The van der Waals surface area contributed by atoms with Gasteiger partial charge in [0.05, 0.1) is 18.2 Å². The minimum Gasteiger partial charge on any atom is -0.492 e. The SMILES string of the molecule is CCOc1ccc(NC(=O)NCc2nnc3ccccn23)cc1Cl. The van der Waals surface area contributed by atoms with Crippen molar-refractivity contribution in [1.82, 2.24) is 19.9 Å². The van der Waals surface area contributed by atoms with Crippen molar-refractivity contribution >= 4 is 29.0 Å². The van der Waals surface area contributed by atoms with Crippen LogP contribution in [0.3, 0.4) is 0 Å². The number of hydrogen-bond acceptors (Lipinski definition) is 4. The molecular formula is C16H16ClN5O2. The van der Waals surface area contributed by atoms with Crippen molar-refractivity contribution < 1.29 is 9.53 Å². The number of aromatic nitrogens is 3. The van der Waals surface area contributed by atoms with Gasteiger partial charge in [-0.15, -0.1) is 10.2 Å². The first-order valence-electron chi connectivity index (χ1n) is 7.43. The Kier molecular flexibility index (Phi) is 4.81. The maximum Gasteiger partial charge on any atom is 0.319 e. The van der Waals surface area contributed by atoms with Crippen LogP contribution in [0.15, 0.2) is 42.6 Å². The van der Waals surface area contributed by atoms with E-state index in [-0.39, 0.29) is 12.6 Å². The number of anilines is 1. The summed E-state index contributed by atoms with van der Waals surface area (Å²) in [5.74, 6) is 1.23. The van der Waals surface area contributed by atoms with Crippen LogP contribution in [0.2, 0.25) is 5.02 Å². The molecular weight excluding hydrogens is 330 g/mol. The van der Waals surface area contributed by atoms with E-state index in [1.54, 1.807) is 18.2 Å². The lowest BCUT2D eigenvalue weighted by Gasteiger charge is -2.10. The van der Waals surface area contributed by atoms with Gasteiger partial charge in [0.2, 0.25) is 0 Å². The van der Waals surface area contributed by atoms with E-state index in [0.29, 0.717) is 28.9 Å². The van der Waals surface area contributed by atoms with Crippen LogP contribution in [-0.4, -0.2) is 27.2 Å². The highest BCUT2D eigenvalue weighted by molar-refractivity contribution is 6.32. The summed E-state index contributed by atoms with van der Waals surface area (Å²) in [5.41, 5.74) is 1.31. The van der Waals surface area contributed by atoms with E-state index in [2.05, 4.69) is 20.8 Å². The summed E-state index contributed by atoms with van der Waals surface area (Å²) >= 11 is 6.10.